The first-order chi connectivity index (χ1) is 4.63. The summed E-state index contributed by atoms with van der Waals surface area (Å²) >= 11 is 0. The minimum Gasteiger partial charge on any atom is -0.311 e. The van der Waals surface area contributed by atoms with Crippen molar-refractivity contribution in [2.75, 3.05) is 6.54 Å². The number of hydrazine groups is 1. The Labute approximate surface area is 84.8 Å². The van der Waals surface area contributed by atoms with Crippen LogP contribution in [0.25, 0.3) is 0 Å². The van der Waals surface area contributed by atoms with Gasteiger partial charge < -0.3 is 6.42 Å². The number of rotatable bonds is 5. The van der Waals surface area contributed by atoms with Crippen molar-refractivity contribution in [1.29, 1.82) is 0 Å². The van der Waals surface area contributed by atoms with Crippen molar-refractivity contribution in [2.24, 2.45) is 5.92 Å². The summed E-state index contributed by atoms with van der Waals surface area (Å²) in [7, 11) is 0. The summed E-state index contributed by atoms with van der Waals surface area (Å²) in [5, 5.41) is 0. The van der Waals surface area contributed by atoms with E-state index in [2.05, 4.69) is 45.0 Å². The Morgan fingerprint density at radius 3 is 2.09 bits per heavy atom. The fourth-order valence-electron chi connectivity index (χ4n) is 0.558. The Morgan fingerprint density at radius 1 is 1.18 bits per heavy atom. The van der Waals surface area contributed by atoms with Crippen LogP contribution in [0.5, 0.6) is 0 Å². The maximum atomic E-state index is 3.12. The van der Waals surface area contributed by atoms with E-state index in [9.17, 15) is 0 Å². The van der Waals surface area contributed by atoms with Crippen molar-refractivity contribution in [2.45, 2.75) is 33.7 Å². The van der Waals surface area contributed by atoms with Gasteiger partial charge in [0.15, 0.2) is 0 Å². The van der Waals surface area contributed by atoms with E-state index in [1.807, 2.05) is 0 Å². The third-order valence-electron chi connectivity index (χ3n) is 1.08. The Balaban J connectivity index is 0. The average Bonchev–Trinajstić information content (AvgIpc) is 1.79. The molecule has 0 atom stereocenters. The Morgan fingerprint density at radius 2 is 1.73 bits per heavy atom. The summed E-state index contributed by atoms with van der Waals surface area (Å²) in [5.41, 5.74) is 6.23. The van der Waals surface area contributed by atoms with Crippen LogP contribution in [0.2, 0.25) is 0 Å². The van der Waals surface area contributed by atoms with Gasteiger partial charge in [-0.3, -0.25) is 10.9 Å². The second kappa shape index (κ2) is 8.70. The van der Waals surface area contributed by atoms with Gasteiger partial charge in [-0.15, -0.1) is 6.54 Å². The van der Waals surface area contributed by atoms with E-state index in [1.54, 1.807) is 0 Å². The van der Waals surface area contributed by atoms with E-state index in [4.69, 9.17) is 0 Å². The summed E-state index contributed by atoms with van der Waals surface area (Å²) in [4.78, 5) is 0. The molecule has 11 heavy (non-hydrogen) atoms. The third-order valence-corrected chi connectivity index (χ3v) is 1.08. The molecule has 0 fully saturated rings. The molecule has 2 N–H and O–H groups in total. The molecule has 0 aromatic heterocycles. The summed E-state index contributed by atoms with van der Waals surface area (Å²) in [6.07, 6.45) is 2.23. The van der Waals surface area contributed by atoms with E-state index in [0.29, 0.717) is 12.0 Å². The monoisotopic (exact) mass is 327 g/mol. The van der Waals surface area contributed by atoms with Gasteiger partial charge in [0, 0.05) is 27.1 Å². The Bertz CT molecular complexity index is 64.5. The zero-order chi connectivity index (χ0) is 7.98. The molecule has 0 aliphatic carbocycles. The molecule has 0 unspecified atom stereocenters. The van der Waals surface area contributed by atoms with Crippen molar-refractivity contribution in [3.05, 3.63) is 6.42 Å². The molecule has 0 bridgehead atoms. The molecule has 0 saturated carbocycles. The van der Waals surface area contributed by atoms with Crippen molar-refractivity contribution in [3.8, 4) is 0 Å². The molecule has 0 aromatic rings. The number of hydrogen-bond donors (Lipinski definition) is 2. The van der Waals surface area contributed by atoms with Gasteiger partial charge in [0.25, 0.3) is 0 Å². The summed E-state index contributed by atoms with van der Waals surface area (Å²) < 4.78 is 0. The van der Waals surface area contributed by atoms with Gasteiger partial charge >= 0.3 is 0 Å². The molecule has 0 aliphatic heterocycles. The third kappa shape index (κ3) is 13.6. The fourth-order valence-corrected chi connectivity index (χ4v) is 0.558. The fraction of sp³-hybridized carbons (Fsp3) is 0.875. The maximum absolute atomic E-state index is 3.12. The van der Waals surface area contributed by atoms with Crippen LogP contribution in [0.4, 0.5) is 0 Å². The van der Waals surface area contributed by atoms with Gasteiger partial charge in [0.05, 0.1) is 0 Å². The smallest absolute Gasteiger partial charge is 0.0155 e. The molecule has 0 heterocycles. The largest absolute Gasteiger partial charge is 0.311 e. The molecule has 0 radical (unpaired) electrons. The molecule has 0 aromatic carbocycles. The minimum absolute atomic E-state index is 0. The molecule has 68 valence electrons. The second-order valence-electron chi connectivity index (χ2n) is 3.16. The molecule has 0 aliphatic rings. The summed E-state index contributed by atoms with van der Waals surface area (Å²) in [5.74, 6) is 0.668. The molecule has 0 spiro atoms. The van der Waals surface area contributed by atoms with Crippen LogP contribution in [0, 0.1) is 12.3 Å². The molecular weight excluding hydrogens is 308 g/mol. The summed E-state index contributed by atoms with van der Waals surface area (Å²) in [6.45, 7) is 9.52. The zero-order valence-corrected chi connectivity index (χ0v) is 10.8. The van der Waals surface area contributed by atoms with E-state index < -0.39 is 0 Å². The average molecular weight is 327 g/mol. The van der Waals surface area contributed by atoms with Gasteiger partial charge in [-0.1, -0.05) is 13.8 Å². The van der Waals surface area contributed by atoms with Crippen molar-refractivity contribution in [1.82, 2.24) is 10.9 Å². The van der Waals surface area contributed by atoms with E-state index in [1.165, 1.54) is 0 Å². The normalized spacial score (nSPS) is 10.4. The van der Waals surface area contributed by atoms with Crippen molar-refractivity contribution in [3.63, 3.8) is 0 Å². The first kappa shape index (κ1) is 14.2. The molecule has 0 rings (SSSR count). The van der Waals surface area contributed by atoms with Crippen LogP contribution in [0.3, 0.4) is 0 Å². The zero-order valence-electron chi connectivity index (χ0n) is 7.85. The van der Waals surface area contributed by atoms with Crippen LogP contribution in [-0.2, 0) is 21.1 Å². The van der Waals surface area contributed by atoms with Gasteiger partial charge in [0.2, 0.25) is 0 Å². The number of hydrogen-bond acceptors (Lipinski definition) is 2. The molecular formula is C8H19N2W-. The number of nitrogens with one attached hydrogen (secondary N) is 2. The van der Waals surface area contributed by atoms with Gasteiger partial charge in [0.1, 0.15) is 0 Å². The minimum atomic E-state index is 0. The van der Waals surface area contributed by atoms with Gasteiger partial charge in [-0.05, 0) is 13.8 Å². The van der Waals surface area contributed by atoms with Crippen molar-refractivity contribution >= 4 is 0 Å². The van der Waals surface area contributed by atoms with Gasteiger partial charge in [-0.2, -0.15) is 5.92 Å². The molecule has 3 heteroatoms. The van der Waals surface area contributed by atoms with Crippen LogP contribution in [0.1, 0.15) is 27.7 Å². The van der Waals surface area contributed by atoms with Gasteiger partial charge in [-0.25, -0.2) is 0 Å². The van der Waals surface area contributed by atoms with Crippen LogP contribution < -0.4 is 10.9 Å². The topological polar surface area (TPSA) is 24.1 Å². The van der Waals surface area contributed by atoms with E-state index >= 15 is 0 Å². The van der Waals surface area contributed by atoms with E-state index in [0.717, 1.165) is 6.54 Å². The molecule has 2 nitrogen and oxygen atoms in total. The van der Waals surface area contributed by atoms with E-state index in [-0.39, 0.29) is 21.1 Å². The SMILES string of the molecule is CC(C)[CH-]CNNC(C)C.[W]. The Hall–Kier alpha value is 0.608. The predicted octanol–water partition coefficient (Wildman–Crippen LogP) is 1.35. The standard InChI is InChI=1S/C8H19N2.W/c1-7(2)5-6-9-10-8(3)4;/h5,7-10H,6H2,1-4H3;/q-1;. The van der Waals surface area contributed by atoms with Crippen LogP contribution in [-0.4, -0.2) is 12.6 Å². The first-order valence-corrected chi connectivity index (χ1v) is 3.94. The molecule has 0 saturated heterocycles. The second-order valence-corrected chi connectivity index (χ2v) is 3.16. The van der Waals surface area contributed by atoms with Crippen LogP contribution >= 0.6 is 0 Å². The van der Waals surface area contributed by atoms with Crippen molar-refractivity contribution < 1.29 is 21.1 Å². The van der Waals surface area contributed by atoms with Crippen LogP contribution in [0.15, 0.2) is 0 Å². The molecule has 0 amide bonds. The summed E-state index contributed by atoms with van der Waals surface area (Å²) in [6, 6.07) is 0.514. The Kier molecular flexibility index (Phi) is 11.2. The quantitative estimate of drug-likeness (QED) is 0.453. The maximum Gasteiger partial charge on any atom is 0.0155 e. The predicted molar refractivity (Wildman–Crippen MR) is 45.4 cm³/mol. The first-order valence-electron chi connectivity index (χ1n) is 3.94.